The Labute approximate surface area is 107 Å². The van der Waals surface area contributed by atoms with E-state index < -0.39 is 10.1 Å². The summed E-state index contributed by atoms with van der Waals surface area (Å²) in [6.07, 6.45) is -0.315. The van der Waals surface area contributed by atoms with E-state index in [1.54, 1.807) is 19.1 Å². The van der Waals surface area contributed by atoms with Gasteiger partial charge in [-0.25, -0.2) is 0 Å². The fraction of sp³-hybridized carbons (Fsp3) is 0.417. The molecule has 0 bridgehead atoms. The quantitative estimate of drug-likeness (QED) is 0.777. The fourth-order valence-electron chi connectivity index (χ4n) is 1.57. The molecule has 0 radical (unpaired) electrons. The van der Waals surface area contributed by atoms with E-state index in [9.17, 15) is 8.42 Å². The highest BCUT2D eigenvalue weighted by atomic mass is 32.2. The molecule has 0 fully saturated rings. The van der Waals surface area contributed by atoms with Gasteiger partial charge in [0.15, 0.2) is 5.90 Å². The Balaban J connectivity index is 1.98. The average Bonchev–Trinajstić information content (AvgIpc) is 2.73. The highest BCUT2D eigenvalue weighted by molar-refractivity contribution is 7.86. The van der Waals surface area contributed by atoms with Gasteiger partial charge in [0.1, 0.15) is 12.7 Å². The van der Waals surface area contributed by atoms with Crippen LogP contribution in [0.5, 0.6) is 0 Å². The number of hydrogen-bond acceptors (Lipinski definition) is 5. The number of aliphatic imine (C=N–C) groups is 1. The van der Waals surface area contributed by atoms with E-state index in [-0.39, 0.29) is 17.6 Å². The van der Waals surface area contributed by atoms with E-state index in [1.807, 2.05) is 6.92 Å². The lowest BCUT2D eigenvalue weighted by molar-refractivity contribution is 0.146. The molecule has 2 rings (SSSR count). The van der Waals surface area contributed by atoms with Gasteiger partial charge < -0.3 is 4.74 Å². The van der Waals surface area contributed by atoms with Crippen LogP contribution in [0.25, 0.3) is 0 Å². The summed E-state index contributed by atoms with van der Waals surface area (Å²) >= 11 is 0. The van der Waals surface area contributed by atoms with Crippen LogP contribution in [-0.4, -0.2) is 33.6 Å². The Bertz CT molecular complexity index is 548. The van der Waals surface area contributed by atoms with Crippen molar-refractivity contribution in [2.45, 2.75) is 24.8 Å². The summed E-state index contributed by atoms with van der Waals surface area (Å²) in [7, 11) is -3.71. The molecule has 0 saturated heterocycles. The monoisotopic (exact) mass is 269 g/mol. The molecular weight excluding hydrogens is 254 g/mol. The second-order valence-electron chi connectivity index (χ2n) is 4.15. The Morgan fingerprint density at radius 3 is 2.56 bits per heavy atom. The molecule has 1 atom stereocenters. The molecule has 0 N–H and O–H groups in total. The first-order valence-corrected chi connectivity index (χ1v) is 7.02. The van der Waals surface area contributed by atoms with Gasteiger partial charge in [-0.3, -0.25) is 9.18 Å². The minimum absolute atomic E-state index is 0.0168. The van der Waals surface area contributed by atoms with Crippen molar-refractivity contribution in [3.63, 3.8) is 0 Å². The number of nitrogens with zero attached hydrogens (tertiary/aromatic N) is 1. The predicted octanol–water partition coefficient (Wildman–Crippen LogP) is 1.52. The molecule has 5 nitrogen and oxygen atoms in total. The minimum atomic E-state index is -3.71. The maximum Gasteiger partial charge on any atom is 0.297 e. The van der Waals surface area contributed by atoms with Crippen molar-refractivity contribution in [1.29, 1.82) is 0 Å². The molecular formula is C12H15NO4S. The highest BCUT2D eigenvalue weighted by Crippen LogP contribution is 2.15. The lowest BCUT2D eigenvalue weighted by atomic mass is 10.2. The molecule has 98 valence electrons. The number of aryl methyl sites for hydroxylation is 1. The molecule has 6 heteroatoms. The Hall–Kier alpha value is -1.40. The minimum Gasteiger partial charge on any atom is -0.474 e. The zero-order valence-electron chi connectivity index (χ0n) is 10.3. The van der Waals surface area contributed by atoms with Gasteiger partial charge in [0.05, 0.1) is 11.4 Å². The molecule has 18 heavy (non-hydrogen) atoms. The summed E-state index contributed by atoms with van der Waals surface area (Å²) in [5, 5.41) is 0. The number of ether oxygens (including phenoxy) is 1. The molecule has 0 aliphatic carbocycles. The summed E-state index contributed by atoms with van der Waals surface area (Å²) < 4.78 is 34.0. The SMILES string of the molecule is CC1=NC[C@H](COS(=O)(=O)c2ccc(C)cc2)O1. The van der Waals surface area contributed by atoms with Crippen molar-refractivity contribution in [2.24, 2.45) is 4.99 Å². The molecule has 1 heterocycles. The first kappa shape index (κ1) is 13.0. The highest BCUT2D eigenvalue weighted by Gasteiger charge is 2.22. The van der Waals surface area contributed by atoms with E-state index in [1.165, 1.54) is 12.1 Å². The predicted molar refractivity (Wildman–Crippen MR) is 67.2 cm³/mol. The normalized spacial score (nSPS) is 19.4. The van der Waals surface area contributed by atoms with Crippen LogP contribution in [0.1, 0.15) is 12.5 Å². The van der Waals surface area contributed by atoms with Crippen molar-refractivity contribution >= 4 is 16.0 Å². The molecule has 0 aromatic heterocycles. The number of benzene rings is 1. The first-order chi connectivity index (χ1) is 8.47. The van der Waals surface area contributed by atoms with E-state index >= 15 is 0 Å². The molecule has 1 aromatic rings. The largest absolute Gasteiger partial charge is 0.474 e. The van der Waals surface area contributed by atoms with Gasteiger partial charge in [-0.15, -0.1) is 0 Å². The van der Waals surface area contributed by atoms with Crippen molar-refractivity contribution in [3.05, 3.63) is 29.8 Å². The van der Waals surface area contributed by atoms with Crippen LogP contribution in [-0.2, 0) is 19.0 Å². The third-order valence-corrected chi connectivity index (χ3v) is 3.87. The average molecular weight is 269 g/mol. The van der Waals surface area contributed by atoms with Gasteiger partial charge in [-0.05, 0) is 19.1 Å². The van der Waals surface area contributed by atoms with Gasteiger partial charge >= 0.3 is 0 Å². The smallest absolute Gasteiger partial charge is 0.297 e. The maximum absolute atomic E-state index is 11.9. The van der Waals surface area contributed by atoms with Crippen molar-refractivity contribution in [1.82, 2.24) is 0 Å². The number of hydrogen-bond donors (Lipinski definition) is 0. The molecule has 0 unspecified atom stereocenters. The van der Waals surface area contributed by atoms with Crippen molar-refractivity contribution in [3.8, 4) is 0 Å². The van der Waals surface area contributed by atoms with E-state index in [0.717, 1.165) is 5.56 Å². The Morgan fingerprint density at radius 2 is 2.00 bits per heavy atom. The van der Waals surface area contributed by atoms with Gasteiger partial charge in [-0.2, -0.15) is 8.42 Å². The Kier molecular flexibility index (Phi) is 3.68. The molecule has 1 aliphatic heterocycles. The molecule has 1 aromatic carbocycles. The van der Waals surface area contributed by atoms with Crippen LogP contribution >= 0.6 is 0 Å². The van der Waals surface area contributed by atoms with Crippen molar-refractivity contribution < 1.29 is 17.3 Å². The van der Waals surface area contributed by atoms with Gasteiger partial charge in [-0.1, -0.05) is 17.7 Å². The fourth-order valence-corrected chi connectivity index (χ4v) is 2.51. The zero-order valence-corrected chi connectivity index (χ0v) is 11.1. The Morgan fingerprint density at radius 1 is 1.33 bits per heavy atom. The molecule has 0 amide bonds. The first-order valence-electron chi connectivity index (χ1n) is 5.61. The summed E-state index contributed by atoms with van der Waals surface area (Å²) in [4.78, 5) is 4.18. The van der Waals surface area contributed by atoms with Crippen LogP contribution in [0.2, 0.25) is 0 Å². The summed E-state index contributed by atoms with van der Waals surface area (Å²) in [5.41, 5.74) is 0.997. The van der Waals surface area contributed by atoms with Crippen LogP contribution in [0.15, 0.2) is 34.2 Å². The van der Waals surface area contributed by atoms with Crippen LogP contribution in [0.3, 0.4) is 0 Å². The van der Waals surface area contributed by atoms with Crippen molar-refractivity contribution in [2.75, 3.05) is 13.2 Å². The maximum atomic E-state index is 11.9. The molecule has 0 saturated carbocycles. The van der Waals surface area contributed by atoms with Gasteiger partial charge in [0.2, 0.25) is 0 Å². The third-order valence-electron chi connectivity index (χ3n) is 2.57. The number of rotatable bonds is 4. The standard InChI is InChI=1S/C12H15NO4S/c1-9-3-5-12(6-4-9)18(14,15)16-8-11-7-13-10(2)17-11/h3-6,11H,7-8H2,1-2H3/t11-/m1/s1. The third kappa shape index (κ3) is 3.08. The van der Waals surface area contributed by atoms with Crippen LogP contribution in [0.4, 0.5) is 0 Å². The molecule has 0 spiro atoms. The summed E-state index contributed by atoms with van der Waals surface area (Å²) in [5.74, 6) is 0.566. The second kappa shape index (κ2) is 5.07. The zero-order chi connectivity index (χ0) is 13.2. The summed E-state index contributed by atoms with van der Waals surface area (Å²) in [6.45, 7) is 4.05. The summed E-state index contributed by atoms with van der Waals surface area (Å²) in [6, 6.07) is 6.52. The van der Waals surface area contributed by atoms with Crippen LogP contribution < -0.4 is 0 Å². The van der Waals surface area contributed by atoms with Crippen LogP contribution in [0, 0.1) is 6.92 Å². The molecule has 1 aliphatic rings. The topological polar surface area (TPSA) is 65.0 Å². The van der Waals surface area contributed by atoms with E-state index in [4.69, 9.17) is 8.92 Å². The lowest BCUT2D eigenvalue weighted by Gasteiger charge is -2.11. The van der Waals surface area contributed by atoms with E-state index in [2.05, 4.69) is 4.99 Å². The lowest BCUT2D eigenvalue weighted by Crippen LogP contribution is -2.22. The van der Waals surface area contributed by atoms with Gasteiger partial charge in [0.25, 0.3) is 10.1 Å². The van der Waals surface area contributed by atoms with E-state index in [0.29, 0.717) is 12.4 Å². The van der Waals surface area contributed by atoms with Gasteiger partial charge in [0, 0.05) is 6.92 Å². The second-order valence-corrected chi connectivity index (χ2v) is 5.77.